The standard InChI is InChI=1S/C34H28N2/c1-23-19-20-26-30(22-23)36-31-27(33(26,2)3)16-10-17-28(31)34(24-12-6-4-7-13-24,25-14-8-5-9-15-25)29-18-11-21-35-32(29)36/h4-22H,1-3H3. The van der Waals surface area contributed by atoms with Gasteiger partial charge in [-0.05, 0) is 52.4 Å². The minimum Gasteiger partial charge on any atom is -0.294 e. The molecule has 2 aliphatic heterocycles. The van der Waals surface area contributed by atoms with Crippen molar-refractivity contribution in [2.75, 3.05) is 4.90 Å². The fourth-order valence-corrected chi connectivity index (χ4v) is 6.61. The second-order valence-corrected chi connectivity index (χ2v) is 10.5. The number of aromatic nitrogens is 1. The number of rotatable bonds is 2. The van der Waals surface area contributed by atoms with Gasteiger partial charge in [0.05, 0.1) is 16.8 Å². The summed E-state index contributed by atoms with van der Waals surface area (Å²) in [7, 11) is 0. The van der Waals surface area contributed by atoms with Crippen LogP contribution in [-0.2, 0) is 10.8 Å². The quantitative estimate of drug-likeness (QED) is 0.257. The zero-order valence-corrected chi connectivity index (χ0v) is 20.9. The van der Waals surface area contributed by atoms with E-state index in [1.165, 1.54) is 50.3 Å². The molecule has 0 N–H and O–H groups in total. The van der Waals surface area contributed by atoms with Crippen molar-refractivity contribution in [2.45, 2.75) is 31.6 Å². The third kappa shape index (κ3) is 2.59. The van der Waals surface area contributed by atoms with Crippen LogP contribution in [0.4, 0.5) is 17.2 Å². The summed E-state index contributed by atoms with van der Waals surface area (Å²) < 4.78 is 0. The van der Waals surface area contributed by atoms with E-state index in [0.717, 1.165) is 5.82 Å². The maximum absolute atomic E-state index is 5.09. The van der Waals surface area contributed by atoms with Crippen LogP contribution in [0.5, 0.6) is 0 Å². The average molecular weight is 465 g/mol. The predicted molar refractivity (Wildman–Crippen MR) is 148 cm³/mol. The molecule has 0 unspecified atom stereocenters. The molecular formula is C34H28N2. The van der Waals surface area contributed by atoms with Crippen molar-refractivity contribution in [3.63, 3.8) is 0 Å². The van der Waals surface area contributed by atoms with Gasteiger partial charge in [-0.25, -0.2) is 4.98 Å². The Bertz CT molecular complexity index is 1580. The van der Waals surface area contributed by atoms with Gasteiger partial charge in [0, 0.05) is 17.2 Å². The summed E-state index contributed by atoms with van der Waals surface area (Å²) in [5.41, 5.74) is 10.8. The predicted octanol–water partition coefficient (Wildman–Crippen LogP) is 8.20. The number of aryl methyl sites for hydroxylation is 1. The molecule has 0 radical (unpaired) electrons. The zero-order valence-electron chi connectivity index (χ0n) is 20.9. The van der Waals surface area contributed by atoms with Crippen LogP contribution in [0, 0.1) is 6.92 Å². The molecule has 2 aliphatic rings. The molecule has 0 aliphatic carbocycles. The SMILES string of the molecule is Cc1ccc2c(c1)N1c3ncccc3C(c3ccccc3)(c3ccccc3)c3cccc(c31)C2(C)C. The summed E-state index contributed by atoms with van der Waals surface area (Å²) in [5.74, 6) is 1.01. The first-order valence-electron chi connectivity index (χ1n) is 12.7. The molecule has 7 rings (SSSR count). The molecule has 0 amide bonds. The third-order valence-corrected chi connectivity index (χ3v) is 8.22. The average Bonchev–Trinajstić information content (AvgIpc) is 2.91. The van der Waals surface area contributed by atoms with Gasteiger partial charge in [0.1, 0.15) is 5.82 Å². The van der Waals surface area contributed by atoms with Crippen molar-refractivity contribution < 1.29 is 0 Å². The summed E-state index contributed by atoms with van der Waals surface area (Å²) in [6.45, 7) is 6.89. The van der Waals surface area contributed by atoms with Crippen LogP contribution in [-0.4, -0.2) is 4.98 Å². The molecule has 2 nitrogen and oxygen atoms in total. The molecule has 5 aromatic rings. The first-order chi connectivity index (χ1) is 17.5. The Labute approximate surface area is 212 Å². The normalized spacial score (nSPS) is 16.0. The number of benzene rings is 4. The summed E-state index contributed by atoms with van der Waals surface area (Å²) in [6, 6.07) is 40.0. The first kappa shape index (κ1) is 21.1. The lowest BCUT2D eigenvalue weighted by Gasteiger charge is -2.51. The highest BCUT2D eigenvalue weighted by Crippen LogP contribution is 2.62. The fraction of sp³-hybridized carbons (Fsp3) is 0.147. The van der Waals surface area contributed by atoms with Crippen LogP contribution in [0.2, 0.25) is 0 Å². The molecule has 0 saturated carbocycles. The van der Waals surface area contributed by atoms with E-state index in [1.54, 1.807) is 0 Å². The maximum atomic E-state index is 5.09. The molecule has 0 atom stereocenters. The van der Waals surface area contributed by atoms with Gasteiger partial charge in [-0.15, -0.1) is 0 Å². The van der Waals surface area contributed by atoms with Crippen LogP contribution >= 0.6 is 0 Å². The Hall–Kier alpha value is -4.17. The van der Waals surface area contributed by atoms with E-state index in [0.29, 0.717) is 0 Å². The van der Waals surface area contributed by atoms with Crippen LogP contribution < -0.4 is 4.90 Å². The van der Waals surface area contributed by atoms with Crippen molar-refractivity contribution in [1.29, 1.82) is 0 Å². The Kier molecular flexibility index (Phi) is 4.35. The van der Waals surface area contributed by atoms with Crippen molar-refractivity contribution in [3.8, 4) is 0 Å². The topological polar surface area (TPSA) is 16.1 Å². The van der Waals surface area contributed by atoms with Crippen molar-refractivity contribution in [3.05, 3.63) is 154 Å². The molecule has 3 heterocycles. The van der Waals surface area contributed by atoms with E-state index in [9.17, 15) is 0 Å². The number of para-hydroxylation sites is 1. The summed E-state index contributed by atoms with van der Waals surface area (Å²) in [4.78, 5) is 7.52. The van der Waals surface area contributed by atoms with E-state index in [-0.39, 0.29) is 5.41 Å². The Morgan fingerprint density at radius 2 is 1.25 bits per heavy atom. The van der Waals surface area contributed by atoms with Crippen LogP contribution in [0.25, 0.3) is 0 Å². The van der Waals surface area contributed by atoms with E-state index in [4.69, 9.17) is 4.98 Å². The zero-order chi connectivity index (χ0) is 24.5. The van der Waals surface area contributed by atoms with Gasteiger partial charge >= 0.3 is 0 Å². The first-order valence-corrected chi connectivity index (χ1v) is 12.7. The lowest BCUT2D eigenvalue weighted by molar-refractivity contribution is 0.618. The maximum Gasteiger partial charge on any atom is 0.142 e. The molecule has 174 valence electrons. The van der Waals surface area contributed by atoms with Gasteiger partial charge in [0.2, 0.25) is 0 Å². The van der Waals surface area contributed by atoms with E-state index in [2.05, 4.69) is 135 Å². The van der Waals surface area contributed by atoms with Crippen molar-refractivity contribution >= 4 is 17.2 Å². The number of anilines is 3. The Morgan fingerprint density at radius 1 is 0.611 bits per heavy atom. The van der Waals surface area contributed by atoms with Gasteiger partial charge in [0.15, 0.2) is 0 Å². The molecular weight excluding hydrogens is 436 g/mol. The van der Waals surface area contributed by atoms with Gasteiger partial charge < -0.3 is 0 Å². The minimum atomic E-state index is -0.481. The third-order valence-electron chi connectivity index (χ3n) is 8.22. The van der Waals surface area contributed by atoms with Crippen LogP contribution in [0.15, 0.2) is 115 Å². The van der Waals surface area contributed by atoms with Gasteiger partial charge in [-0.3, -0.25) is 4.90 Å². The summed E-state index contributed by atoms with van der Waals surface area (Å²) in [5, 5.41) is 0. The second kappa shape index (κ2) is 7.41. The fourth-order valence-electron chi connectivity index (χ4n) is 6.61. The number of hydrogen-bond donors (Lipinski definition) is 0. The highest BCUT2D eigenvalue weighted by atomic mass is 15.2. The van der Waals surface area contributed by atoms with Gasteiger partial charge in [-0.1, -0.05) is 111 Å². The Morgan fingerprint density at radius 3 is 1.94 bits per heavy atom. The largest absolute Gasteiger partial charge is 0.294 e. The number of nitrogens with zero attached hydrogens (tertiary/aromatic N) is 2. The van der Waals surface area contributed by atoms with Crippen LogP contribution in [0.1, 0.15) is 52.8 Å². The second-order valence-electron chi connectivity index (χ2n) is 10.5. The molecule has 0 bridgehead atoms. The van der Waals surface area contributed by atoms with Crippen LogP contribution in [0.3, 0.4) is 0 Å². The lowest BCUT2D eigenvalue weighted by Crippen LogP contribution is -2.42. The Balaban J connectivity index is 1.70. The van der Waals surface area contributed by atoms with Crippen molar-refractivity contribution in [1.82, 2.24) is 4.98 Å². The minimum absolute atomic E-state index is 0.143. The number of pyridine rings is 1. The molecule has 0 spiro atoms. The molecule has 0 saturated heterocycles. The molecule has 4 aromatic carbocycles. The molecule has 2 heteroatoms. The molecule has 1 aromatic heterocycles. The monoisotopic (exact) mass is 464 g/mol. The smallest absolute Gasteiger partial charge is 0.142 e. The molecule has 36 heavy (non-hydrogen) atoms. The van der Waals surface area contributed by atoms with Gasteiger partial charge in [0.25, 0.3) is 0 Å². The van der Waals surface area contributed by atoms with E-state index >= 15 is 0 Å². The highest BCUT2D eigenvalue weighted by Gasteiger charge is 2.51. The summed E-state index contributed by atoms with van der Waals surface area (Å²) >= 11 is 0. The lowest BCUT2D eigenvalue weighted by atomic mass is 9.60. The number of hydrogen-bond acceptors (Lipinski definition) is 2. The van der Waals surface area contributed by atoms with Gasteiger partial charge in [-0.2, -0.15) is 0 Å². The highest BCUT2D eigenvalue weighted by molar-refractivity contribution is 5.93. The number of fused-ring (bicyclic) bond motifs is 4. The van der Waals surface area contributed by atoms with E-state index < -0.39 is 5.41 Å². The van der Waals surface area contributed by atoms with Crippen molar-refractivity contribution in [2.24, 2.45) is 0 Å². The summed E-state index contributed by atoms with van der Waals surface area (Å²) in [6.07, 6.45) is 1.93. The molecule has 0 fully saturated rings. The van der Waals surface area contributed by atoms with E-state index in [1.807, 2.05) is 6.20 Å².